The number of aliphatic hydroxyl groups is 3. The Hall–Kier alpha value is -0.290. The number of hydrogen-bond donors (Lipinski definition) is 3. The van der Waals surface area contributed by atoms with Crippen molar-refractivity contribution < 1.29 is 20.1 Å². The molecule has 1 atom stereocenters. The molecule has 0 aliphatic heterocycles. The lowest BCUT2D eigenvalue weighted by Gasteiger charge is -2.11. The Balaban J connectivity index is 3.20. The van der Waals surface area contributed by atoms with Crippen LogP contribution >= 0.6 is 0 Å². The molecular formula is C27H55O4+. The van der Waals surface area contributed by atoms with Crippen molar-refractivity contribution in [1.29, 1.82) is 0 Å². The van der Waals surface area contributed by atoms with E-state index in [9.17, 15) is 0 Å². The molecule has 0 saturated carbocycles. The third-order valence-electron chi connectivity index (χ3n) is 6.25. The average molecular weight is 444 g/mol. The zero-order valence-corrected chi connectivity index (χ0v) is 21.0. The Morgan fingerprint density at radius 2 is 0.871 bits per heavy atom. The molecule has 31 heavy (non-hydrogen) atoms. The van der Waals surface area contributed by atoms with Gasteiger partial charge in [-0.3, -0.25) is 0 Å². The maximum absolute atomic E-state index is 8.83. The first-order valence-corrected chi connectivity index (χ1v) is 13.7. The van der Waals surface area contributed by atoms with Crippen molar-refractivity contribution in [3.63, 3.8) is 0 Å². The average Bonchev–Trinajstić information content (AvgIpc) is 2.73. The molecule has 0 aliphatic rings. The first kappa shape index (κ1) is 30.7. The second kappa shape index (κ2) is 22.9. The highest BCUT2D eigenvalue weighted by Gasteiger charge is 2.33. The Morgan fingerprint density at radius 3 is 1.16 bits per heavy atom. The first-order chi connectivity index (χ1) is 15.0. The summed E-state index contributed by atoms with van der Waals surface area (Å²) in [6.45, 7) is 4.99. The minimum absolute atomic E-state index is 0.0543. The molecule has 0 aromatic rings. The normalized spacial score (nSPS) is 12.9. The monoisotopic (exact) mass is 443 g/mol. The molecule has 4 nitrogen and oxygen atoms in total. The zero-order chi connectivity index (χ0) is 23.0. The van der Waals surface area contributed by atoms with Gasteiger partial charge in [0.05, 0.1) is 0 Å². The summed E-state index contributed by atoms with van der Waals surface area (Å²) in [7, 11) is 0. The minimum atomic E-state index is -2.83. The fourth-order valence-electron chi connectivity index (χ4n) is 4.18. The van der Waals surface area contributed by atoms with Gasteiger partial charge in [0.2, 0.25) is 0 Å². The van der Waals surface area contributed by atoms with Gasteiger partial charge in [0.15, 0.2) is 0 Å². The van der Waals surface area contributed by atoms with Crippen LogP contribution in [-0.2, 0) is 4.74 Å². The summed E-state index contributed by atoms with van der Waals surface area (Å²) in [6.07, 6.45) is 29.2. The van der Waals surface area contributed by atoms with Gasteiger partial charge in [-0.2, -0.15) is 4.74 Å². The van der Waals surface area contributed by atoms with E-state index in [0.717, 1.165) is 19.3 Å². The molecule has 186 valence electrons. The summed E-state index contributed by atoms with van der Waals surface area (Å²) in [5, 5.41) is 26.5. The molecular weight excluding hydrogens is 388 g/mol. The van der Waals surface area contributed by atoms with E-state index in [2.05, 4.69) is 6.92 Å². The number of ether oxygens (including phenoxy) is 1. The molecule has 0 aliphatic carbocycles. The zero-order valence-electron chi connectivity index (χ0n) is 21.0. The van der Waals surface area contributed by atoms with E-state index in [1.807, 2.05) is 6.92 Å². The number of hydrogen-bond acceptors (Lipinski definition) is 4. The van der Waals surface area contributed by atoms with E-state index < -0.39 is 5.97 Å². The highest BCUT2D eigenvalue weighted by Crippen LogP contribution is 2.17. The summed E-state index contributed by atoms with van der Waals surface area (Å²) in [6, 6.07) is 0. The second-order valence-corrected chi connectivity index (χ2v) is 9.48. The van der Waals surface area contributed by atoms with Crippen LogP contribution in [0.2, 0.25) is 0 Å². The predicted molar refractivity (Wildman–Crippen MR) is 131 cm³/mol. The highest BCUT2D eigenvalue weighted by atomic mass is 16.7. The van der Waals surface area contributed by atoms with Crippen LogP contribution in [0.4, 0.5) is 0 Å². The number of unbranched alkanes of at least 4 members (excludes halogenated alkanes) is 19. The van der Waals surface area contributed by atoms with Gasteiger partial charge in [-0.1, -0.05) is 142 Å². The summed E-state index contributed by atoms with van der Waals surface area (Å²) in [4.78, 5) is 0. The topological polar surface area (TPSA) is 69.9 Å². The lowest BCUT2D eigenvalue weighted by atomic mass is 10.0. The molecule has 0 spiro atoms. The Kier molecular flexibility index (Phi) is 22.7. The molecule has 0 aromatic carbocycles. The Morgan fingerprint density at radius 1 is 0.548 bits per heavy atom. The summed E-state index contributed by atoms with van der Waals surface area (Å²) in [5.41, 5.74) is 0. The number of rotatable bonds is 25. The van der Waals surface area contributed by atoms with Crippen LogP contribution in [0.3, 0.4) is 0 Å². The van der Waals surface area contributed by atoms with Crippen molar-refractivity contribution in [1.82, 2.24) is 0 Å². The fraction of sp³-hybridized carbons (Fsp3) is 0.963. The highest BCUT2D eigenvalue weighted by molar-refractivity contribution is 4.65. The largest absolute Gasteiger partial charge is 0.468 e. The van der Waals surface area contributed by atoms with Crippen LogP contribution in [0.5, 0.6) is 0 Å². The van der Waals surface area contributed by atoms with Crippen LogP contribution in [-0.4, -0.2) is 27.4 Å². The molecule has 0 fully saturated rings. The summed E-state index contributed by atoms with van der Waals surface area (Å²) in [5.74, 6) is -2.83. The minimum Gasteiger partial charge on any atom is -0.302 e. The molecule has 1 unspecified atom stereocenters. The molecule has 3 N–H and O–H groups in total. The van der Waals surface area contributed by atoms with Crippen molar-refractivity contribution >= 4 is 0 Å². The van der Waals surface area contributed by atoms with E-state index in [-0.39, 0.29) is 6.10 Å². The Labute approximate surface area is 194 Å². The molecule has 0 radical (unpaired) electrons. The van der Waals surface area contributed by atoms with E-state index >= 15 is 0 Å². The molecule has 0 aromatic heterocycles. The van der Waals surface area contributed by atoms with Gasteiger partial charge in [-0.15, -0.1) is 0 Å². The molecule has 0 saturated heterocycles. The van der Waals surface area contributed by atoms with Crippen LogP contribution in [0, 0.1) is 6.61 Å². The van der Waals surface area contributed by atoms with Crippen molar-refractivity contribution in [2.75, 3.05) is 0 Å². The molecule has 0 amide bonds. The van der Waals surface area contributed by atoms with E-state index in [1.165, 1.54) is 122 Å². The van der Waals surface area contributed by atoms with Crippen molar-refractivity contribution in [3.05, 3.63) is 6.61 Å². The standard InChI is InChI=1S/C27H55O4/c1-3-5-6-7-8-9-10-11-12-13-14-15-16-17-18-19-20-21-22-23-24-26(4-2)31-25-27(28,29)30/h25-26,28-30H,3-24H2,1-2H3/q+1. The molecule has 0 rings (SSSR count). The van der Waals surface area contributed by atoms with E-state index in [0.29, 0.717) is 6.61 Å². The third-order valence-corrected chi connectivity index (χ3v) is 6.25. The lowest BCUT2D eigenvalue weighted by Crippen LogP contribution is -2.30. The smallest absolute Gasteiger partial charge is 0.302 e. The summed E-state index contributed by atoms with van der Waals surface area (Å²) >= 11 is 0. The van der Waals surface area contributed by atoms with Gasteiger partial charge in [0, 0.05) is 0 Å². The van der Waals surface area contributed by atoms with E-state index in [1.54, 1.807) is 0 Å². The van der Waals surface area contributed by atoms with Gasteiger partial charge in [-0.25, -0.2) is 0 Å². The van der Waals surface area contributed by atoms with Crippen molar-refractivity contribution in [2.45, 2.75) is 167 Å². The second-order valence-electron chi connectivity index (χ2n) is 9.48. The SMILES string of the molecule is CCCCCCCCCCCCCCCCCCCCCCC(CC)O[CH+]C(O)(O)O. The maximum atomic E-state index is 8.83. The fourth-order valence-corrected chi connectivity index (χ4v) is 4.18. The van der Waals surface area contributed by atoms with Crippen LogP contribution in [0.15, 0.2) is 0 Å². The van der Waals surface area contributed by atoms with Crippen molar-refractivity contribution in [3.8, 4) is 0 Å². The third kappa shape index (κ3) is 25.8. The molecule has 4 heteroatoms. The molecule has 0 heterocycles. The Bertz CT molecular complexity index is 341. The van der Waals surface area contributed by atoms with Crippen molar-refractivity contribution in [2.24, 2.45) is 0 Å². The van der Waals surface area contributed by atoms with Gasteiger partial charge >= 0.3 is 12.6 Å². The van der Waals surface area contributed by atoms with Crippen LogP contribution in [0.25, 0.3) is 0 Å². The van der Waals surface area contributed by atoms with Gasteiger partial charge in [-0.05, 0) is 12.8 Å². The van der Waals surface area contributed by atoms with Crippen LogP contribution < -0.4 is 0 Å². The van der Waals surface area contributed by atoms with E-state index in [4.69, 9.17) is 20.1 Å². The quantitative estimate of drug-likeness (QED) is 0.0765. The van der Waals surface area contributed by atoms with Gasteiger partial charge in [0.25, 0.3) is 0 Å². The first-order valence-electron chi connectivity index (χ1n) is 13.7. The van der Waals surface area contributed by atoms with Gasteiger partial charge < -0.3 is 15.3 Å². The predicted octanol–water partition coefficient (Wildman–Crippen LogP) is 7.79. The lowest BCUT2D eigenvalue weighted by molar-refractivity contribution is -0.310. The summed E-state index contributed by atoms with van der Waals surface area (Å²) < 4.78 is 5.22. The maximum Gasteiger partial charge on any atom is 0.468 e. The van der Waals surface area contributed by atoms with Gasteiger partial charge in [0.1, 0.15) is 6.10 Å². The van der Waals surface area contributed by atoms with Crippen LogP contribution in [0.1, 0.15) is 155 Å². The molecule has 0 bridgehead atoms.